The molecule has 0 radical (unpaired) electrons. The molecule has 0 heterocycles. The van der Waals surface area contributed by atoms with Gasteiger partial charge >= 0.3 is 0 Å². The minimum Gasteiger partial charge on any atom is -0.481 e. The van der Waals surface area contributed by atoms with E-state index >= 15 is 0 Å². The van der Waals surface area contributed by atoms with Gasteiger partial charge in [-0.2, -0.15) is 0 Å². The van der Waals surface area contributed by atoms with Crippen LogP contribution in [-0.4, -0.2) is 19.1 Å². The summed E-state index contributed by atoms with van der Waals surface area (Å²) in [6.07, 6.45) is 3.37. The Labute approximate surface area is 156 Å². The van der Waals surface area contributed by atoms with Crippen molar-refractivity contribution in [2.75, 3.05) is 13.2 Å². The molecule has 0 spiro atoms. The van der Waals surface area contributed by atoms with Gasteiger partial charge < -0.3 is 10.1 Å². The molecular formula is C23H25NO2. The van der Waals surface area contributed by atoms with E-state index in [1.807, 2.05) is 67.6 Å². The van der Waals surface area contributed by atoms with Crippen LogP contribution in [0, 0.1) is 11.8 Å². The Kier molecular flexibility index (Phi) is 8.02. The van der Waals surface area contributed by atoms with Crippen LogP contribution in [0.5, 0.6) is 5.75 Å². The number of allylic oxidation sites excluding steroid dienone is 1. The molecule has 0 fully saturated rings. The third-order valence-electron chi connectivity index (χ3n) is 4.04. The summed E-state index contributed by atoms with van der Waals surface area (Å²) < 4.78 is 5.70. The first-order chi connectivity index (χ1) is 12.8. The highest BCUT2D eigenvalue weighted by molar-refractivity contribution is 5.83. The number of hydrogen-bond acceptors (Lipinski definition) is 2. The lowest BCUT2D eigenvalue weighted by Gasteiger charge is -2.14. The summed E-state index contributed by atoms with van der Waals surface area (Å²) in [4.78, 5) is 12.3. The van der Waals surface area contributed by atoms with E-state index in [0.717, 1.165) is 29.7 Å². The zero-order valence-electron chi connectivity index (χ0n) is 15.2. The van der Waals surface area contributed by atoms with Crippen LogP contribution in [0.15, 0.2) is 67.3 Å². The number of amides is 1. The van der Waals surface area contributed by atoms with Gasteiger partial charge in [-0.05, 0) is 30.0 Å². The van der Waals surface area contributed by atoms with Crippen molar-refractivity contribution >= 4 is 5.91 Å². The average molecular weight is 347 g/mol. The Morgan fingerprint density at radius 1 is 1.15 bits per heavy atom. The van der Waals surface area contributed by atoms with Crippen molar-refractivity contribution in [2.24, 2.45) is 0 Å². The molecule has 1 N–H and O–H groups in total. The summed E-state index contributed by atoms with van der Waals surface area (Å²) in [5.41, 5.74) is 2.12. The van der Waals surface area contributed by atoms with Gasteiger partial charge in [0.2, 0.25) is 5.91 Å². The maximum Gasteiger partial charge on any atom is 0.228 e. The molecule has 1 amide bonds. The summed E-state index contributed by atoms with van der Waals surface area (Å²) in [6, 6.07) is 17.7. The predicted molar refractivity (Wildman–Crippen MR) is 106 cm³/mol. The molecule has 2 aromatic carbocycles. The first-order valence-corrected chi connectivity index (χ1v) is 8.86. The highest BCUT2D eigenvalue weighted by atomic mass is 16.5. The predicted octanol–water partition coefficient (Wildman–Crippen LogP) is 4.11. The lowest BCUT2D eigenvalue weighted by Crippen LogP contribution is -2.29. The molecule has 0 saturated carbocycles. The van der Waals surface area contributed by atoms with Crippen LogP contribution in [0.1, 0.15) is 30.4 Å². The molecule has 134 valence electrons. The topological polar surface area (TPSA) is 38.3 Å². The quantitative estimate of drug-likeness (QED) is 0.576. The molecule has 2 rings (SSSR count). The molecule has 0 saturated heterocycles. The Morgan fingerprint density at radius 3 is 2.62 bits per heavy atom. The Balaban J connectivity index is 1.80. The standard InChI is InChI=1S/C23H25NO2/c1-3-12-20-15-8-9-16-22(20)26-18-11-10-17-24-23(25)21(4-2)19-13-6-5-7-14-19/h3,5-9,13-16,21H,1,4,12,17-18H2,2H3,(H,24,25). The highest BCUT2D eigenvalue weighted by Crippen LogP contribution is 2.19. The average Bonchev–Trinajstić information content (AvgIpc) is 2.67. The lowest BCUT2D eigenvalue weighted by atomic mass is 9.96. The van der Waals surface area contributed by atoms with Gasteiger partial charge in [-0.25, -0.2) is 0 Å². The van der Waals surface area contributed by atoms with Crippen molar-refractivity contribution in [3.8, 4) is 17.6 Å². The fraction of sp³-hybridized carbons (Fsp3) is 0.261. The van der Waals surface area contributed by atoms with Crippen molar-refractivity contribution in [3.05, 3.63) is 78.4 Å². The number of benzene rings is 2. The summed E-state index contributed by atoms with van der Waals surface area (Å²) in [5.74, 6) is 6.57. The number of para-hydroxylation sites is 1. The van der Waals surface area contributed by atoms with E-state index in [4.69, 9.17) is 4.74 Å². The Bertz CT molecular complexity index is 772. The lowest BCUT2D eigenvalue weighted by molar-refractivity contribution is -0.122. The normalized spacial score (nSPS) is 11.0. The van der Waals surface area contributed by atoms with E-state index < -0.39 is 0 Å². The number of carbonyl (C=O) groups excluding carboxylic acids is 1. The summed E-state index contributed by atoms with van der Waals surface area (Å²) in [7, 11) is 0. The van der Waals surface area contributed by atoms with Crippen LogP contribution in [-0.2, 0) is 11.2 Å². The van der Waals surface area contributed by atoms with E-state index in [0.29, 0.717) is 13.2 Å². The number of rotatable bonds is 8. The zero-order chi connectivity index (χ0) is 18.6. The maximum absolute atomic E-state index is 12.3. The number of carbonyl (C=O) groups is 1. The zero-order valence-corrected chi connectivity index (χ0v) is 15.2. The number of hydrogen-bond donors (Lipinski definition) is 1. The minimum absolute atomic E-state index is 0.00486. The molecular weight excluding hydrogens is 322 g/mol. The Hall–Kier alpha value is -2.99. The van der Waals surface area contributed by atoms with Crippen molar-refractivity contribution in [1.29, 1.82) is 0 Å². The molecule has 1 atom stereocenters. The molecule has 1 unspecified atom stereocenters. The highest BCUT2D eigenvalue weighted by Gasteiger charge is 2.17. The number of nitrogens with one attached hydrogen (secondary N) is 1. The van der Waals surface area contributed by atoms with Crippen molar-refractivity contribution in [1.82, 2.24) is 5.32 Å². The van der Waals surface area contributed by atoms with Crippen LogP contribution < -0.4 is 10.1 Å². The van der Waals surface area contributed by atoms with E-state index in [9.17, 15) is 4.79 Å². The van der Waals surface area contributed by atoms with E-state index in [1.165, 1.54) is 0 Å². The monoisotopic (exact) mass is 347 g/mol. The summed E-state index contributed by atoms with van der Waals surface area (Å²) in [6.45, 7) is 6.38. The van der Waals surface area contributed by atoms with Crippen LogP contribution in [0.4, 0.5) is 0 Å². The van der Waals surface area contributed by atoms with E-state index in [2.05, 4.69) is 23.7 Å². The van der Waals surface area contributed by atoms with E-state index in [1.54, 1.807) is 0 Å². The largest absolute Gasteiger partial charge is 0.481 e. The second kappa shape index (κ2) is 10.8. The molecule has 0 aliphatic heterocycles. The third kappa shape index (κ3) is 5.82. The second-order valence-electron chi connectivity index (χ2n) is 5.83. The van der Waals surface area contributed by atoms with Crippen molar-refractivity contribution in [2.45, 2.75) is 25.7 Å². The van der Waals surface area contributed by atoms with Gasteiger partial charge in [-0.1, -0.05) is 73.4 Å². The van der Waals surface area contributed by atoms with Gasteiger partial charge in [0.1, 0.15) is 12.4 Å². The molecule has 0 aliphatic carbocycles. The molecule has 2 aromatic rings. The van der Waals surface area contributed by atoms with Gasteiger partial charge in [-0.15, -0.1) is 6.58 Å². The van der Waals surface area contributed by atoms with Crippen LogP contribution in [0.25, 0.3) is 0 Å². The molecule has 0 bridgehead atoms. The molecule has 0 aliphatic rings. The first-order valence-electron chi connectivity index (χ1n) is 8.86. The summed E-state index contributed by atoms with van der Waals surface area (Å²) in [5, 5.41) is 2.88. The number of ether oxygens (including phenoxy) is 1. The van der Waals surface area contributed by atoms with Gasteiger partial charge in [-0.3, -0.25) is 4.79 Å². The van der Waals surface area contributed by atoms with Gasteiger partial charge in [0.25, 0.3) is 0 Å². The van der Waals surface area contributed by atoms with Crippen molar-refractivity contribution in [3.63, 3.8) is 0 Å². The van der Waals surface area contributed by atoms with Crippen LogP contribution >= 0.6 is 0 Å². The molecule has 26 heavy (non-hydrogen) atoms. The Morgan fingerprint density at radius 2 is 1.88 bits per heavy atom. The molecule has 0 aromatic heterocycles. The maximum atomic E-state index is 12.3. The second-order valence-corrected chi connectivity index (χ2v) is 5.83. The smallest absolute Gasteiger partial charge is 0.228 e. The fourth-order valence-corrected chi connectivity index (χ4v) is 2.71. The van der Waals surface area contributed by atoms with Crippen molar-refractivity contribution < 1.29 is 9.53 Å². The van der Waals surface area contributed by atoms with Gasteiger partial charge in [0, 0.05) is 0 Å². The van der Waals surface area contributed by atoms with Crippen LogP contribution in [0.3, 0.4) is 0 Å². The minimum atomic E-state index is -0.139. The molecule has 3 nitrogen and oxygen atoms in total. The summed E-state index contributed by atoms with van der Waals surface area (Å²) >= 11 is 0. The van der Waals surface area contributed by atoms with Gasteiger partial charge in [0.15, 0.2) is 0 Å². The fourth-order valence-electron chi connectivity index (χ4n) is 2.71. The van der Waals surface area contributed by atoms with Gasteiger partial charge in [0.05, 0.1) is 12.5 Å². The molecule has 3 heteroatoms. The first kappa shape index (κ1) is 19.3. The van der Waals surface area contributed by atoms with Crippen LogP contribution in [0.2, 0.25) is 0 Å². The SMILES string of the molecule is C=CCc1ccccc1OCC#CCNC(=O)C(CC)c1ccccc1. The third-order valence-corrected chi connectivity index (χ3v) is 4.04. The van der Waals surface area contributed by atoms with E-state index in [-0.39, 0.29) is 11.8 Å².